The van der Waals surface area contributed by atoms with E-state index < -0.39 is 23.2 Å². The van der Waals surface area contributed by atoms with E-state index in [1.54, 1.807) is 6.20 Å². The van der Waals surface area contributed by atoms with E-state index in [0.29, 0.717) is 0 Å². The zero-order chi connectivity index (χ0) is 17.2. The monoisotopic (exact) mass is 331 g/mol. The predicted octanol–water partition coefficient (Wildman–Crippen LogP) is 4.14. The molecule has 4 nitrogen and oxygen atoms in total. The number of benzene rings is 2. The number of nitrogens with one attached hydrogen (secondary N) is 1. The number of rotatable bonds is 3. The number of amides is 1. The van der Waals surface area contributed by atoms with Crippen LogP contribution in [0.2, 0.25) is 0 Å². The lowest BCUT2D eigenvalue weighted by Gasteiger charge is -2.11. The van der Waals surface area contributed by atoms with Crippen molar-refractivity contribution < 1.29 is 18.0 Å². The zero-order valence-electron chi connectivity index (χ0n) is 12.3. The summed E-state index contributed by atoms with van der Waals surface area (Å²) in [5, 5.41) is 6.53. The van der Waals surface area contributed by atoms with Crippen molar-refractivity contribution in [3.63, 3.8) is 0 Å². The molecule has 0 saturated heterocycles. The Balaban J connectivity index is 1.83. The molecule has 7 heteroatoms. The standard InChI is InChI=1S/C17H12F3N3O/c18-17(19,20)14-9-5-4-8-13(14)16(24)21-15-10-11-23(22-15)12-6-2-1-3-7-12/h1-11H,(H,21,22,24). The highest BCUT2D eigenvalue weighted by Gasteiger charge is 2.34. The molecular formula is C17H12F3N3O. The maximum atomic E-state index is 13.0. The van der Waals surface area contributed by atoms with Gasteiger partial charge in [-0.1, -0.05) is 30.3 Å². The Kier molecular flexibility index (Phi) is 4.07. The lowest BCUT2D eigenvalue weighted by atomic mass is 10.1. The summed E-state index contributed by atoms with van der Waals surface area (Å²) in [6.07, 6.45) is -2.99. The molecule has 0 aliphatic rings. The number of hydrogen-bond acceptors (Lipinski definition) is 2. The summed E-state index contributed by atoms with van der Waals surface area (Å²) in [4.78, 5) is 12.2. The molecule has 24 heavy (non-hydrogen) atoms. The minimum absolute atomic E-state index is 0.167. The third kappa shape index (κ3) is 3.29. The van der Waals surface area contributed by atoms with Crippen LogP contribution in [0.25, 0.3) is 5.69 Å². The molecule has 2 aromatic carbocycles. The van der Waals surface area contributed by atoms with Gasteiger partial charge in [-0.3, -0.25) is 4.79 Å². The van der Waals surface area contributed by atoms with Crippen LogP contribution in [0, 0.1) is 0 Å². The Hall–Kier alpha value is -3.09. The molecule has 3 aromatic rings. The molecule has 0 saturated carbocycles. The number of carbonyl (C=O) groups is 1. The molecule has 0 aliphatic heterocycles. The number of aromatic nitrogens is 2. The minimum Gasteiger partial charge on any atom is -0.305 e. The van der Waals surface area contributed by atoms with E-state index in [2.05, 4.69) is 10.4 Å². The Morgan fingerprint density at radius 1 is 0.958 bits per heavy atom. The second-order valence-electron chi connectivity index (χ2n) is 4.98. The van der Waals surface area contributed by atoms with E-state index in [1.807, 2.05) is 30.3 Å². The average Bonchev–Trinajstić information content (AvgIpc) is 3.03. The Labute approximate surface area is 135 Å². The molecule has 1 N–H and O–H groups in total. The van der Waals surface area contributed by atoms with E-state index >= 15 is 0 Å². The summed E-state index contributed by atoms with van der Waals surface area (Å²) < 4.78 is 40.4. The fourth-order valence-electron chi connectivity index (χ4n) is 2.23. The average molecular weight is 331 g/mol. The van der Waals surface area contributed by atoms with Gasteiger partial charge < -0.3 is 5.32 Å². The lowest BCUT2D eigenvalue weighted by molar-refractivity contribution is -0.137. The molecule has 0 unspecified atom stereocenters. The molecule has 1 aromatic heterocycles. The van der Waals surface area contributed by atoms with Gasteiger partial charge in [0.15, 0.2) is 5.82 Å². The highest BCUT2D eigenvalue weighted by atomic mass is 19.4. The fourth-order valence-corrected chi connectivity index (χ4v) is 2.23. The van der Waals surface area contributed by atoms with Crippen molar-refractivity contribution in [2.45, 2.75) is 6.18 Å². The van der Waals surface area contributed by atoms with E-state index in [-0.39, 0.29) is 5.82 Å². The summed E-state index contributed by atoms with van der Waals surface area (Å²) >= 11 is 0. The molecule has 0 spiro atoms. The highest BCUT2D eigenvalue weighted by Crippen LogP contribution is 2.32. The highest BCUT2D eigenvalue weighted by molar-refractivity contribution is 6.04. The lowest BCUT2D eigenvalue weighted by Crippen LogP contribution is -2.18. The molecule has 122 valence electrons. The third-order valence-corrected chi connectivity index (χ3v) is 3.33. The van der Waals surface area contributed by atoms with Crippen molar-refractivity contribution in [1.29, 1.82) is 0 Å². The van der Waals surface area contributed by atoms with E-state index in [4.69, 9.17) is 0 Å². The van der Waals surface area contributed by atoms with Crippen LogP contribution in [0.15, 0.2) is 66.9 Å². The van der Waals surface area contributed by atoms with Crippen LogP contribution in [0.5, 0.6) is 0 Å². The van der Waals surface area contributed by atoms with Gasteiger partial charge in [0.25, 0.3) is 5.91 Å². The van der Waals surface area contributed by atoms with Crippen LogP contribution in [-0.2, 0) is 6.18 Å². The van der Waals surface area contributed by atoms with Crippen LogP contribution in [0.1, 0.15) is 15.9 Å². The number of carbonyl (C=O) groups excluding carboxylic acids is 1. The topological polar surface area (TPSA) is 46.9 Å². The van der Waals surface area contributed by atoms with Gasteiger partial charge in [-0.2, -0.15) is 18.3 Å². The molecule has 0 atom stereocenters. The molecular weight excluding hydrogens is 319 g/mol. The molecule has 0 aliphatic carbocycles. The Bertz CT molecular complexity index is 857. The maximum absolute atomic E-state index is 13.0. The fraction of sp³-hybridized carbons (Fsp3) is 0.0588. The second-order valence-corrected chi connectivity index (χ2v) is 4.98. The smallest absolute Gasteiger partial charge is 0.305 e. The molecule has 3 rings (SSSR count). The van der Waals surface area contributed by atoms with Crippen molar-refractivity contribution in [2.75, 3.05) is 5.32 Å². The normalized spacial score (nSPS) is 11.3. The van der Waals surface area contributed by atoms with E-state index in [1.165, 1.54) is 22.9 Å². The van der Waals surface area contributed by atoms with Gasteiger partial charge in [0.2, 0.25) is 0 Å². The quantitative estimate of drug-likeness (QED) is 0.784. The summed E-state index contributed by atoms with van der Waals surface area (Å²) in [6, 6.07) is 15.3. The number of halogens is 3. The molecule has 0 bridgehead atoms. The largest absolute Gasteiger partial charge is 0.417 e. The second kappa shape index (κ2) is 6.19. The van der Waals surface area contributed by atoms with Crippen molar-refractivity contribution in [2.24, 2.45) is 0 Å². The number of anilines is 1. The number of nitrogens with zero attached hydrogens (tertiary/aromatic N) is 2. The molecule has 1 heterocycles. The van der Waals surface area contributed by atoms with Crippen molar-refractivity contribution >= 4 is 11.7 Å². The zero-order valence-corrected chi connectivity index (χ0v) is 12.3. The Morgan fingerprint density at radius 2 is 1.62 bits per heavy atom. The van der Waals surface area contributed by atoms with E-state index in [9.17, 15) is 18.0 Å². The van der Waals surface area contributed by atoms with Crippen LogP contribution >= 0.6 is 0 Å². The van der Waals surface area contributed by atoms with Crippen LogP contribution < -0.4 is 5.32 Å². The number of alkyl halides is 3. The van der Waals surface area contributed by atoms with Crippen molar-refractivity contribution in [3.8, 4) is 5.69 Å². The summed E-state index contributed by atoms with van der Waals surface area (Å²) in [5.74, 6) is -0.693. The van der Waals surface area contributed by atoms with Gasteiger partial charge in [-0.15, -0.1) is 0 Å². The van der Waals surface area contributed by atoms with Gasteiger partial charge in [-0.25, -0.2) is 4.68 Å². The molecule has 0 radical (unpaired) electrons. The first kappa shape index (κ1) is 15.8. The van der Waals surface area contributed by atoms with Crippen molar-refractivity contribution in [3.05, 3.63) is 78.0 Å². The first-order valence-corrected chi connectivity index (χ1v) is 7.04. The Morgan fingerprint density at radius 3 is 2.33 bits per heavy atom. The van der Waals surface area contributed by atoms with Crippen LogP contribution in [0.4, 0.5) is 19.0 Å². The summed E-state index contributed by atoms with van der Waals surface area (Å²) in [7, 11) is 0. The third-order valence-electron chi connectivity index (χ3n) is 3.33. The summed E-state index contributed by atoms with van der Waals surface area (Å²) in [5.41, 5.74) is -0.655. The van der Waals surface area contributed by atoms with Gasteiger partial charge in [0.05, 0.1) is 16.8 Å². The summed E-state index contributed by atoms with van der Waals surface area (Å²) in [6.45, 7) is 0. The van der Waals surface area contributed by atoms with Crippen LogP contribution in [0.3, 0.4) is 0 Å². The van der Waals surface area contributed by atoms with Gasteiger partial charge >= 0.3 is 6.18 Å². The first-order valence-electron chi connectivity index (χ1n) is 7.04. The van der Waals surface area contributed by atoms with Crippen molar-refractivity contribution in [1.82, 2.24) is 9.78 Å². The first-order chi connectivity index (χ1) is 11.4. The minimum atomic E-state index is -4.60. The number of hydrogen-bond donors (Lipinski definition) is 1. The van der Waals surface area contributed by atoms with Gasteiger partial charge in [-0.05, 0) is 24.3 Å². The van der Waals surface area contributed by atoms with Crippen LogP contribution in [-0.4, -0.2) is 15.7 Å². The molecule has 1 amide bonds. The molecule has 0 fully saturated rings. The maximum Gasteiger partial charge on any atom is 0.417 e. The predicted molar refractivity (Wildman–Crippen MR) is 83.0 cm³/mol. The number of para-hydroxylation sites is 1. The van der Waals surface area contributed by atoms with Gasteiger partial charge in [0, 0.05) is 12.3 Å². The van der Waals surface area contributed by atoms with E-state index in [0.717, 1.165) is 17.8 Å². The van der Waals surface area contributed by atoms with Gasteiger partial charge in [0.1, 0.15) is 0 Å². The SMILES string of the molecule is O=C(Nc1ccn(-c2ccccc2)n1)c1ccccc1C(F)(F)F.